The summed E-state index contributed by atoms with van der Waals surface area (Å²) in [6.07, 6.45) is -0.116. The highest BCUT2D eigenvalue weighted by atomic mass is 32.1. The Bertz CT molecular complexity index is 1280. The molecule has 0 radical (unpaired) electrons. The van der Waals surface area contributed by atoms with Crippen LogP contribution in [0.15, 0.2) is 60.0 Å². The first-order chi connectivity index (χ1) is 17.5. The van der Waals surface area contributed by atoms with E-state index in [4.69, 9.17) is 14.2 Å². The predicted octanol–water partition coefficient (Wildman–Crippen LogP) is 7.25. The predicted molar refractivity (Wildman–Crippen MR) is 147 cm³/mol. The van der Waals surface area contributed by atoms with Gasteiger partial charge in [0.2, 0.25) is 0 Å². The molecule has 0 amide bonds. The molecule has 4 rings (SSSR count). The largest absolute Gasteiger partial charge is 0.488 e. The van der Waals surface area contributed by atoms with Crippen LogP contribution in [-0.2, 0) is 27.3 Å². The Balaban J connectivity index is 1.36. The van der Waals surface area contributed by atoms with Crippen molar-refractivity contribution >= 4 is 28.6 Å². The summed E-state index contributed by atoms with van der Waals surface area (Å²) in [6.45, 7) is 9.14. The van der Waals surface area contributed by atoms with Gasteiger partial charge in [0, 0.05) is 33.7 Å². The molecular formula is C29H31NO4S2. The fourth-order valence-electron chi connectivity index (χ4n) is 3.84. The Labute approximate surface area is 220 Å². The van der Waals surface area contributed by atoms with Crippen molar-refractivity contribution in [2.24, 2.45) is 0 Å². The lowest BCUT2D eigenvalue weighted by atomic mass is 10.1. The van der Waals surface area contributed by atoms with E-state index >= 15 is 0 Å². The average molecular weight is 522 g/mol. The fraction of sp³-hybridized carbons (Fsp3) is 0.310. The van der Waals surface area contributed by atoms with Gasteiger partial charge in [-0.1, -0.05) is 36.4 Å². The van der Waals surface area contributed by atoms with Gasteiger partial charge in [0.05, 0.1) is 17.3 Å². The number of aryl methyl sites for hydroxylation is 2. The molecule has 0 saturated carbocycles. The molecule has 5 nitrogen and oxygen atoms in total. The van der Waals surface area contributed by atoms with Gasteiger partial charge in [-0.05, 0) is 62.6 Å². The van der Waals surface area contributed by atoms with Gasteiger partial charge in [-0.25, -0.2) is 9.78 Å². The molecule has 36 heavy (non-hydrogen) atoms. The van der Waals surface area contributed by atoms with Crippen LogP contribution in [0.3, 0.4) is 0 Å². The van der Waals surface area contributed by atoms with Gasteiger partial charge in [0.15, 0.2) is 6.10 Å². The van der Waals surface area contributed by atoms with Crippen LogP contribution in [0.25, 0.3) is 21.7 Å². The fourth-order valence-corrected chi connectivity index (χ4v) is 5.55. The minimum Gasteiger partial charge on any atom is -0.488 e. The van der Waals surface area contributed by atoms with Crippen LogP contribution >= 0.6 is 22.7 Å². The smallest absolute Gasteiger partial charge is 0.335 e. The van der Waals surface area contributed by atoms with E-state index < -0.39 is 6.10 Å². The molecule has 0 aliphatic carbocycles. The van der Waals surface area contributed by atoms with Crippen molar-refractivity contribution in [2.75, 3.05) is 13.2 Å². The number of carbonyl (C=O) groups is 1. The Morgan fingerprint density at radius 1 is 0.972 bits per heavy atom. The standard InChI is InChI=1S/C29H31NO4S2/c1-5-32-26(29(31)33-6-2)16-21-7-13-24(14-8-21)34-17-28-19(3)15-27(36-28)23-11-9-22(10-12-23)25-18-35-20(4)30-25/h7-15,18,26H,5-6,16-17H2,1-4H3/t26-/m0/s1. The number of nitrogens with zero attached hydrogens (tertiary/aromatic N) is 1. The van der Waals surface area contributed by atoms with Crippen LogP contribution in [0.2, 0.25) is 0 Å². The molecule has 0 bridgehead atoms. The molecule has 0 aliphatic heterocycles. The molecule has 4 aromatic rings. The molecule has 7 heteroatoms. The number of benzene rings is 2. The van der Waals surface area contributed by atoms with E-state index in [1.807, 2.05) is 38.1 Å². The Kier molecular flexibility index (Phi) is 8.91. The SMILES string of the molecule is CCOC(=O)[C@H](Cc1ccc(OCc2sc(-c3ccc(-c4csc(C)n4)cc3)cc2C)cc1)OCC. The lowest BCUT2D eigenvalue weighted by molar-refractivity contribution is -0.156. The first-order valence-electron chi connectivity index (χ1n) is 12.1. The van der Waals surface area contributed by atoms with Crippen molar-refractivity contribution in [3.05, 3.63) is 81.0 Å². The van der Waals surface area contributed by atoms with Crippen LogP contribution < -0.4 is 4.74 Å². The number of carbonyl (C=O) groups excluding carboxylic acids is 1. The second-order valence-electron chi connectivity index (χ2n) is 8.38. The van der Waals surface area contributed by atoms with Crippen LogP contribution in [0, 0.1) is 13.8 Å². The number of rotatable bonds is 11. The zero-order valence-corrected chi connectivity index (χ0v) is 22.7. The molecule has 1 atom stereocenters. The highest BCUT2D eigenvalue weighted by Crippen LogP contribution is 2.33. The number of ether oxygens (including phenoxy) is 3. The van der Waals surface area contributed by atoms with Gasteiger partial charge in [0.1, 0.15) is 12.4 Å². The number of hydrogen-bond acceptors (Lipinski definition) is 7. The number of thiophene rings is 1. The number of hydrogen-bond donors (Lipinski definition) is 0. The normalized spacial score (nSPS) is 11.9. The monoisotopic (exact) mass is 521 g/mol. The highest BCUT2D eigenvalue weighted by molar-refractivity contribution is 7.15. The maximum atomic E-state index is 12.1. The van der Waals surface area contributed by atoms with Gasteiger partial charge in [-0.3, -0.25) is 0 Å². The maximum absolute atomic E-state index is 12.1. The summed E-state index contributed by atoms with van der Waals surface area (Å²) in [4.78, 5) is 19.1. The minimum atomic E-state index is -0.589. The first kappa shape index (κ1) is 26.1. The molecule has 0 saturated heterocycles. The summed E-state index contributed by atoms with van der Waals surface area (Å²) < 4.78 is 16.8. The molecule has 188 valence electrons. The van der Waals surface area contributed by atoms with E-state index in [-0.39, 0.29) is 5.97 Å². The van der Waals surface area contributed by atoms with Gasteiger partial charge in [-0.15, -0.1) is 22.7 Å². The summed E-state index contributed by atoms with van der Waals surface area (Å²) >= 11 is 3.43. The topological polar surface area (TPSA) is 57.7 Å². The molecule has 2 aromatic carbocycles. The minimum absolute atomic E-state index is 0.323. The first-order valence-corrected chi connectivity index (χ1v) is 13.8. The van der Waals surface area contributed by atoms with E-state index in [2.05, 4.69) is 47.6 Å². The second-order valence-corrected chi connectivity index (χ2v) is 10.6. The van der Waals surface area contributed by atoms with Gasteiger partial charge in [-0.2, -0.15) is 0 Å². The zero-order valence-electron chi connectivity index (χ0n) is 21.1. The van der Waals surface area contributed by atoms with E-state index in [0.29, 0.717) is 26.2 Å². The van der Waals surface area contributed by atoms with Crippen LogP contribution in [0.5, 0.6) is 5.75 Å². The van der Waals surface area contributed by atoms with Gasteiger partial charge in [0.25, 0.3) is 0 Å². The molecule has 0 fully saturated rings. The lowest BCUT2D eigenvalue weighted by Gasteiger charge is -2.15. The lowest BCUT2D eigenvalue weighted by Crippen LogP contribution is -2.28. The van der Waals surface area contributed by atoms with Crippen LogP contribution in [0.4, 0.5) is 0 Å². The Morgan fingerprint density at radius 2 is 1.69 bits per heavy atom. The van der Waals surface area contributed by atoms with E-state index in [0.717, 1.165) is 27.6 Å². The van der Waals surface area contributed by atoms with Gasteiger partial charge >= 0.3 is 5.97 Å². The van der Waals surface area contributed by atoms with Crippen molar-refractivity contribution in [1.82, 2.24) is 4.98 Å². The third-order valence-electron chi connectivity index (χ3n) is 5.74. The number of esters is 1. The third kappa shape index (κ3) is 6.60. The number of aromatic nitrogens is 1. The van der Waals surface area contributed by atoms with Gasteiger partial charge < -0.3 is 14.2 Å². The average Bonchev–Trinajstić information content (AvgIpc) is 3.49. The Hall–Kier alpha value is -3.00. The Morgan fingerprint density at radius 3 is 2.33 bits per heavy atom. The summed E-state index contributed by atoms with van der Waals surface area (Å²) in [7, 11) is 0. The summed E-state index contributed by atoms with van der Waals surface area (Å²) in [5.74, 6) is 0.469. The van der Waals surface area contributed by atoms with Crippen molar-refractivity contribution in [2.45, 2.75) is 46.8 Å². The van der Waals surface area contributed by atoms with Crippen molar-refractivity contribution in [3.63, 3.8) is 0 Å². The molecule has 0 unspecified atom stereocenters. The second kappa shape index (κ2) is 12.3. The zero-order chi connectivity index (χ0) is 25.5. The molecular weight excluding hydrogens is 490 g/mol. The maximum Gasteiger partial charge on any atom is 0.335 e. The molecule has 0 spiro atoms. The summed E-state index contributed by atoms with van der Waals surface area (Å²) in [5.41, 5.74) is 5.58. The van der Waals surface area contributed by atoms with Crippen molar-refractivity contribution < 1.29 is 19.0 Å². The molecule has 2 aromatic heterocycles. The summed E-state index contributed by atoms with van der Waals surface area (Å²) in [5, 5.41) is 3.17. The summed E-state index contributed by atoms with van der Waals surface area (Å²) in [6, 6.07) is 18.6. The van der Waals surface area contributed by atoms with E-state index in [1.165, 1.54) is 20.9 Å². The highest BCUT2D eigenvalue weighted by Gasteiger charge is 2.20. The quantitative estimate of drug-likeness (QED) is 0.195. The van der Waals surface area contributed by atoms with Crippen molar-refractivity contribution in [1.29, 1.82) is 0 Å². The molecule has 0 aliphatic rings. The van der Waals surface area contributed by atoms with Crippen molar-refractivity contribution in [3.8, 4) is 27.4 Å². The van der Waals surface area contributed by atoms with E-state index in [1.54, 1.807) is 29.6 Å². The van der Waals surface area contributed by atoms with E-state index in [9.17, 15) is 4.79 Å². The molecule has 0 N–H and O–H groups in total. The molecule has 2 heterocycles. The number of thiazole rings is 1. The van der Waals surface area contributed by atoms with Crippen LogP contribution in [-0.4, -0.2) is 30.3 Å². The van der Waals surface area contributed by atoms with Crippen LogP contribution in [0.1, 0.15) is 34.9 Å². The third-order valence-corrected chi connectivity index (χ3v) is 7.77.